The van der Waals surface area contributed by atoms with Crippen molar-refractivity contribution in [2.45, 2.75) is 50.7 Å². The predicted octanol–water partition coefficient (Wildman–Crippen LogP) is 4.31. The molecule has 1 aliphatic carbocycles. The quantitative estimate of drug-likeness (QED) is 0.413. The molecule has 7 nitrogen and oxygen atoms in total. The minimum atomic E-state index is 0.129. The molecule has 0 amide bonds. The van der Waals surface area contributed by atoms with Gasteiger partial charge in [-0.1, -0.05) is 42.8 Å². The molecule has 6 rings (SSSR count). The first-order chi connectivity index (χ1) is 16.8. The van der Waals surface area contributed by atoms with Crippen LogP contribution in [0.2, 0.25) is 0 Å². The Balaban J connectivity index is 1.29. The minimum Gasteiger partial charge on any atom is -0.464 e. The van der Waals surface area contributed by atoms with E-state index in [-0.39, 0.29) is 6.04 Å². The number of fused-ring (bicyclic) bond motifs is 1. The smallest absolute Gasteiger partial charge is 0.169 e. The van der Waals surface area contributed by atoms with Crippen molar-refractivity contribution in [2.75, 3.05) is 26.2 Å². The molecule has 1 saturated carbocycles. The molecular formula is C27H32N6O. The summed E-state index contributed by atoms with van der Waals surface area (Å²) in [6.07, 6.45) is 7.94. The van der Waals surface area contributed by atoms with E-state index in [4.69, 9.17) is 4.42 Å². The standard InChI is InChI=1S/C27H32N6O/c1-2-6-21(7-3-1)20-33-27(28-29-30-33)25(19-22-10-11-26-23(18-22)12-17-34-26)32-14-5-13-31(15-16-32)24-8-4-9-24/h1-3,6-7,10-12,17-18,24-25H,4-5,8-9,13-16,19-20H2. The Morgan fingerprint density at radius 1 is 0.912 bits per heavy atom. The molecule has 2 aliphatic rings. The molecule has 2 aromatic carbocycles. The highest BCUT2D eigenvalue weighted by Crippen LogP contribution is 2.30. The fraction of sp³-hybridized carbons (Fsp3) is 0.444. The van der Waals surface area contributed by atoms with Gasteiger partial charge in [-0.25, -0.2) is 4.68 Å². The molecule has 1 aliphatic heterocycles. The van der Waals surface area contributed by atoms with Crippen LogP contribution in [0.1, 0.15) is 48.7 Å². The fourth-order valence-corrected chi connectivity index (χ4v) is 5.46. The number of tetrazole rings is 1. The van der Waals surface area contributed by atoms with Crippen molar-refractivity contribution in [1.82, 2.24) is 30.0 Å². The third-order valence-electron chi connectivity index (χ3n) is 7.58. The third kappa shape index (κ3) is 4.50. The molecule has 176 valence electrons. The first-order valence-electron chi connectivity index (χ1n) is 12.6. The highest BCUT2D eigenvalue weighted by atomic mass is 16.3. The van der Waals surface area contributed by atoms with E-state index in [1.807, 2.05) is 16.8 Å². The SMILES string of the molecule is c1ccc(Cn2nnnc2C(Cc2ccc3occc3c2)N2CCCN(C3CCC3)CC2)cc1. The van der Waals surface area contributed by atoms with Crippen molar-refractivity contribution in [3.63, 3.8) is 0 Å². The highest BCUT2D eigenvalue weighted by Gasteiger charge is 2.31. The van der Waals surface area contributed by atoms with Gasteiger partial charge in [-0.3, -0.25) is 9.80 Å². The Morgan fingerprint density at radius 3 is 2.68 bits per heavy atom. The van der Waals surface area contributed by atoms with Crippen LogP contribution in [0.25, 0.3) is 11.0 Å². The number of benzene rings is 2. The largest absolute Gasteiger partial charge is 0.464 e. The van der Waals surface area contributed by atoms with Gasteiger partial charge in [-0.15, -0.1) is 5.10 Å². The molecule has 7 heteroatoms. The first kappa shape index (κ1) is 21.5. The van der Waals surface area contributed by atoms with Crippen molar-refractivity contribution in [1.29, 1.82) is 0 Å². The monoisotopic (exact) mass is 456 g/mol. The second-order valence-electron chi connectivity index (χ2n) is 9.70. The topological polar surface area (TPSA) is 63.2 Å². The molecule has 3 heterocycles. The fourth-order valence-electron chi connectivity index (χ4n) is 5.46. The minimum absolute atomic E-state index is 0.129. The maximum absolute atomic E-state index is 5.57. The van der Waals surface area contributed by atoms with Gasteiger partial charge in [0.25, 0.3) is 0 Å². The van der Waals surface area contributed by atoms with Crippen LogP contribution < -0.4 is 0 Å². The normalized spacial score (nSPS) is 19.2. The van der Waals surface area contributed by atoms with Crippen molar-refractivity contribution in [3.05, 3.63) is 77.8 Å². The summed E-state index contributed by atoms with van der Waals surface area (Å²) in [7, 11) is 0. The lowest BCUT2D eigenvalue weighted by atomic mass is 9.91. The summed E-state index contributed by atoms with van der Waals surface area (Å²) < 4.78 is 7.56. The number of hydrogen-bond donors (Lipinski definition) is 0. The molecule has 2 fully saturated rings. The second-order valence-corrected chi connectivity index (χ2v) is 9.70. The Bertz CT molecular complexity index is 1210. The average Bonchev–Trinajstić information content (AvgIpc) is 3.42. The molecule has 0 spiro atoms. The van der Waals surface area contributed by atoms with Crippen molar-refractivity contribution in [3.8, 4) is 0 Å². The summed E-state index contributed by atoms with van der Waals surface area (Å²) in [5.74, 6) is 0.952. The van der Waals surface area contributed by atoms with Crippen molar-refractivity contribution < 1.29 is 4.42 Å². The Labute approximate surface area is 200 Å². The van der Waals surface area contributed by atoms with Gasteiger partial charge in [0.15, 0.2) is 5.82 Å². The predicted molar refractivity (Wildman–Crippen MR) is 131 cm³/mol. The van der Waals surface area contributed by atoms with Crippen LogP contribution in [0.5, 0.6) is 0 Å². The van der Waals surface area contributed by atoms with E-state index in [2.05, 4.69) is 67.8 Å². The van der Waals surface area contributed by atoms with E-state index in [9.17, 15) is 0 Å². The van der Waals surface area contributed by atoms with E-state index >= 15 is 0 Å². The van der Waals surface area contributed by atoms with Crippen LogP contribution in [0, 0.1) is 0 Å². The van der Waals surface area contributed by atoms with Crippen molar-refractivity contribution in [2.24, 2.45) is 0 Å². The summed E-state index contributed by atoms with van der Waals surface area (Å²) in [4.78, 5) is 5.33. The molecule has 4 aromatic rings. The lowest BCUT2D eigenvalue weighted by molar-refractivity contribution is 0.124. The van der Waals surface area contributed by atoms with Gasteiger partial charge in [0.1, 0.15) is 5.58 Å². The molecule has 0 N–H and O–H groups in total. The van der Waals surface area contributed by atoms with E-state index in [0.717, 1.165) is 48.9 Å². The summed E-state index contributed by atoms with van der Waals surface area (Å²) in [6.45, 7) is 5.13. The van der Waals surface area contributed by atoms with E-state index in [1.54, 1.807) is 6.26 Å². The molecule has 1 saturated heterocycles. The number of furan rings is 1. The molecule has 0 radical (unpaired) electrons. The summed E-state index contributed by atoms with van der Waals surface area (Å²) >= 11 is 0. The van der Waals surface area contributed by atoms with Gasteiger partial charge in [0, 0.05) is 31.1 Å². The highest BCUT2D eigenvalue weighted by molar-refractivity contribution is 5.77. The Kier molecular flexibility index (Phi) is 6.12. The van der Waals surface area contributed by atoms with E-state index in [1.165, 1.54) is 43.4 Å². The van der Waals surface area contributed by atoms with Crippen molar-refractivity contribution >= 4 is 11.0 Å². The average molecular weight is 457 g/mol. The maximum Gasteiger partial charge on any atom is 0.169 e. The van der Waals surface area contributed by atoms with Crippen LogP contribution in [-0.2, 0) is 13.0 Å². The summed E-state index contributed by atoms with van der Waals surface area (Å²) in [6, 6.07) is 19.9. The summed E-state index contributed by atoms with van der Waals surface area (Å²) in [5.41, 5.74) is 3.43. The third-order valence-corrected chi connectivity index (χ3v) is 7.58. The van der Waals surface area contributed by atoms with Gasteiger partial charge in [0.2, 0.25) is 0 Å². The molecular weight excluding hydrogens is 424 g/mol. The van der Waals surface area contributed by atoms with Gasteiger partial charge >= 0.3 is 0 Å². The van der Waals surface area contributed by atoms with Crippen LogP contribution in [0.15, 0.2) is 65.3 Å². The zero-order valence-electron chi connectivity index (χ0n) is 19.6. The maximum atomic E-state index is 5.57. The number of hydrogen-bond acceptors (Lipinski definition) is 6. The number of rotatable bonds is 7. The first-order valence-corrected chi connectivity index (χ1v) is 12.6. The zero-order valence-corrected chi connectivity index (χ0v) is 19.6. The zero-order chi connectivity index (χ0) is 22.7. The van der Waals surface area contributed by atoms with Crippen LogP contribution >= 0.6 is 0 Å². The molecule has 2 aromatic heterocycles. The van der Waals surface area contributed by atoms with Crippen LogP contribution in [0.4, 0.5) is 0 Å². The Morgan fingerprint density at radius 2 is 1.82 bits per heavy atom. The van der Waals surface area contributed by atoms with Gasteiger partial charge in [0.05, 0.1) is 18.8 Å². The molecule has 1 unspecified atom stereocenters. The summed E-state index contributed by atoms with van der Waals surface area (Å²) in [5, 5.41) is 14.2. The van der Waals surface area contributed by atoms with Crippen LogP contribution in [0.3, 0.4) is 0 Å². The van der Waals surface area contributed by atoms with E-state index < -0.39 is 0 Å². The molecule has 0 bridgehead atoms. The Hall–Kier alpha value is -3.03. The number of aromatic nitrogens is 4. The second kappa shape index (κ2) is 9.68. The van der Waals surface area contributed by atoms with Crippen LogP contribution in [-0.4, -0.2) is 62.2 Å². The number of nitrogens with zero attached hydrogens (tertiary/aromatic N) is 6. The van der Waals surface area contributed by atoms with Gasteiger partial charge in [-0.05, 0) is 72.0 Å². The molecule has 34 heavy (non-hydrogen) atoms. The van der Waals surface area contributed by atoms with E-state index in [0.29, 0.717) is 6.54 Å². The van der Waals surface area contributed by atoms with Gasteiger partial charge < -0.3 is 4.42 Å². The lowest BCUT2D eigenvalue weighted by Gasteiger charge is -2.37. The molecule has 1 atom stereocenters. The van der Waals surface area contributed by atoms with Gasteiger partial charge in [-0.2, -0.15) is 0 Å². The lowest BCUT2D eigenvalue weighted by Crippen LogP contribution is -2.42.